The Morgan fingerprint density at radius 3 is 2.89 bits per heavy atom. The second-order valence-corrected chi connectivity index (χ2v) is 7.38. The summed E-state index contributed by atoms with van der Waals surface area (Å²) in [7, 11) is 0. The second-order valence-electron chi connectivity index (χ2n) is 7.38. The molecule has 0 radical (unpaired) electrons. The van der Waals surface area contributed by atoms with Crippen LogP contribution in [0.5, 0.6) is 0 Å². The van der Waals surface area contributed by atoms with Gasteiger partial charge in [-0.3, -0.25) is 9.69 Å². The molecule has 1 aromatic carbocycles. The van der Waals surface area contributed by atoms with E-state index >= 15 is 0 Å². The molecule has 2 unspecified atom stereocenters. The molecule has 1 saturated heterocycles. The van der Waals surface area contributed by atoms with Crippen LogP contribution in [0.2, 0.25) is 0 Å². The van der Waals surface area contributed by atoms with E-state index < -0.39 is 0 Å². The maximum Gasteiger partial charge on any atom is 0.414 e. The van der Waals surface area contributed by atoms with E-state index in [2.05, 4.69) is 15.3 Å². The molecule has 2 aliphatic rings. The van der Waals surface area contributed by atoms with Crippen LogP contribution < -0.4 is 10.2 Å². The number of ether oxygens (including phenoxy) is 1. The molecule has 1 aromatic heterocycles. The summed E-state index contributed by atoms with van der Waals surface area (Å²) in [6, 6.07) is 7.74. The van der Waals surface area contributed by atoms with Crippen LogP contribution in [-0.4, -0.2) is 41.2 Å². The number of hydrogen-bond acceptors (Lipinski definition) is 4. The van der Waals surface area contributed by atoms with Crippen LogP contribution in [0.25, 0.3) is 0 Å². The molecule has 142 valence electrons. The maximum atomic E-state index is 12.5. The number of rotatable bonds is 4. The average Bonchev–Trinajstić information content (AvgIpc) is 3.21. The van der Waals surface area contributed by atoms with Crippen LogP contribution in [0.15, 0.2) is 24.3 Å². The first-order valence-corrected chi connectivity index (χ1v) is 9.36. The van der Waals surface area contributed by atoms with Gasteiger partial charge < -0.3 is 15.0 Å². The number of aryl methyl sites for hydroxylation is 3. The Hall–Kier alpha value is -2.83. The van der Waals surface area contributed by atoms with E-state index in [9.17, 15) is 9.59 Å². The summed E-state index contributed by atoms with van der Waals surface area (Å²) in [5, 5.41) is 2.96. The van der Waals surface area contributed by atoms with Crippen molar-refractivity contribution in [3.63, 3.8) is 0 Å². The van der Waals surface area contributed by atoms with Gasteiger partial charge in [-0.25, -0.2) is 9.78 Å². The van der Waals surface area contributed by atoms with Gasteiger partial charge in [0.15, 0.2) is 0 Å². The molecule has 2 atom stereocenters. The van der Waals surface area contributed by atoms with Crippen molar-refractivity contribution < 1.29 is 14.3 Å². The third-order valence-corrected chi connectivity index (χ3v) is 5.26. The molecule has 0 bridgehead atoms. The monoisotopic (exact) mass is 368 g/mol. The normalized spacial score (nSPS) is 21.7. The Balaban J connectivity index is 1.31. The first-order valence-electron chi connectivity index (χ1n) is 9.36. The standard InChI is InChI=1S/C20H24N4O3/c1-12-3-6-15(7-4-12)24-11-16(27-20(24)26)10-21-19(25)14-5-8-17-18(9-14)23-13(2)22-17/h3-4,6-7,14,16H,5,8-11H2,1-2H3,(H,21,25)(H,22,23). The number of carbonyl (C=O) groups is 2. The quantitative estimate of drug-likeness (QED) is 0.867. The van der Waals surface area contributed by atoms with Crippen LogP contribution in [0.1, 0.15) is 29.2 Å². The molecular formula is C20H24N4O3. The lowest BCUT2D eigenvalue weighted by Crippen LogP contribution is -2.39. The molecule has 0 spiro atoms. The van der Waals surface area contributed by atoms with Crippen molar-refractivity contribution in [3.05, 3.63) is 47.0 Å². The van der Waals surface area contributed by atoms with Crippen molar-refractivity contribution in [2.75, 3.05) is 18.0 Å². The Labute approximate surface area is 158 Å². The van der Waals surface area contributed by atoms with Gasteiger partial charge in [-0.1, -0.05) is 17.7 Å². The molecule has 7 heteroatoms. The first-order chi connectivity index (χ1) is 13.0. The molecule has 4 rings (SSSR count). The molecule has 1 aliphatic heterocycles. The van der Waals surface area contributed by atoms with Gasteiger partial charge in [-0.05, 0) is 38.8 Å². The van der Waals surface area contributed by atoms with Crippen LogP contribution in [0.3, 0.4) is 0 Å². The van der Waals surface area contributed by atoms with Crippen LogP contribution in [0.4, 0.5) is 10.5 Å². The molecule has 1 aliphatic carbocycles. The summed E-state index contributed by atoms with van der Waals surface area (Å²) in [4.78, 5) is 34.0. The van der Waals surface area contributed by atoms with Crippen molar-refractivity contribution >= 4 is 17.7 Å². The van der Waals surface area contributed by atoms with Crippen molar-refractivity contribution in [3.8, 4) is 0 Å². The number of cyclic esters (lactones) is 1. The molecule has 2 heterocycles. The van der Waals surface area contributed by atoms with Gasteiger partial charge in [0.25, 0.3) is 0 Å². The molecule has 27 heavy (non-hydrogen) atoms. The number of carbonyl (C=O) groups excluding carboxylic acids is 2. The fourth-order valence-electron chi connectivity index (χ4n) is 3.77. The Morgan fingerprint density at radius 2 is 2.11 bits per heavy atom. The SMILES string of the molecule is Cc1ccc(N2CC(CNC(=O)C3CCc4nc(C)[nH]c4C3)OC2=O)cc1. The maximum absolute atomic E-state index is 12.5. The number of imidazole rings is 1. The highest BCUT2D eigenvalue weighted by Crippen LogP contribution is 2.25. The minimum Gasteiger partial charge on any atom is -0.442 e. The van der Waals surface area contributed by atoms with Crippen molar-refractivity contribution in [2.24, 2.45) is 5.92 Å². The number of benzene rings is 1. The number of amides is 2. The van der Waals surface area contributed by atoms with Gasteiger partial charge in [-0.2, -0.15) is 0 Å². The van der Waals surface area contributed by atoms with E-state index in [1.807, 2.05) is 38.1 Å². The summed E-state index contributed by atoms with van der Waals surface area (Å²) in [6.07, 6.45) is 1.59. The van der Waals surface area contributed by atoms with Crippen LogP contribution >= 0.6 is 0 Å². The lowest BCUT2D eigenvalue weighted by Gasteiger charge is -2.21. The van der Waals surface area contributed by atoms with Gasteiger partial charge in [0.1, 0.15) is 11.9 Å². The van der Waals surface area contributed by atoms with Gasteiger partial charge in [0.05, 0.1) is 18.8 Å². The molecule has 1 fully saturated rings. The van der Waals surface area contributed by atoms with Gasteiger partial charge in [0, 0.05) is 23.7 Å². The number of hydrogen-bond donors (Lipinski definition) is 2. The van der Waals surface area contributed by atoms with Crippen molar-refractivity contribution in [2.45, 2.75) is 39.2 Å². The highest BCUT2D eigenvalue weighted by Gasteiger charge is 2.33. The fourth-order valence-corrected chi connectivity index (χ4v) is 3.77. The number of fused-ring (bicyclic) bond motifs is 1. The smallest absolute Gasteiger partial charge is 0.414 e. The molecule has 2 aromatic rings. The zero-order valence-corrected chi connectivity index (χ0v) is 15.6. The Morgan fingerprint density at radius 1 is 1.33 bits per heavy atom. The minimum atomic E-state index is -0.367. The van der Waals surface area contributed by atoms with E-state index in [-0.39, 0.29) is 24.0 Å². The topological polar surface area (TPSA) is 87.3 Å². The molecule has 0 saturated carbocycles. The number of nitrogens with zero attached hydrogens (tertiary/aromatic N) is 2. The number of H-pyrrole nitrogens is 1. The zero-order valence-electron chi connectivity index (χ0n) is 15.6. The first kappa shape index (κ1) is 17.6. The van der Waals surface area contributed by atoms with E-state index in [1.165, 1.54) is 0 Å². The predicted molar refractivity (Wildman–Crippen MR) is 101 cm³/mol. The van der Waals surface area contributed by atoms with Gasteiger partial charge in [-0.15, -0.1) is 0 Å². The number of nitrogens with one attached hydrogen (secondary N) is 2. The molecule has 7 nitrogen and oxygen atoms in total. The summed E-state index contributed by atoms with van der Waals surface area (Å²) in [5.41, 5.74) is 4.10. The van der Waals surface area contributed by atoms with Gasteiger partial charge >= 0.3 is 6.09 Å². The number of aromatic nitrogens is 2. The highest BCUT2D eigenvalue weighted by molar-refractivity contribution is 5.89. The third-order valence-electron chi connectivity index (χ3n) is 5.26. The number of anilines is 1. The highest BCUT2D eigenvalue weighted by atomic mass is 16.6. The predicted octanol–water partition coefficient (Wildman–Crippen LogP) is 2.27. The molecular weight excluding hydrogens is 344 g/mol. The minimum absolute atomic E-state index is 0.0118. The summed E-state index contributed by atoms with van der Waals surface area (Å²) < 4.78 is 5.41. The van der Waals surface area contributed by atoms with E-state index in [4.69, 9.17) is 4.74 Å². The van der Waals surface area contributed by atoms with Crippen molar-refractivity contribution in [1.29, 1.82) is 0 Å². The second kappa shape index (κ2) is 7.06. The van der Waals surface area contributed by atoms with Crippen molar-refractivity contribution in [1.82, 2.24) is 15.3 Å². The average molecular weight is 368 g/mol. The van der Waals surface area contributed by atoms with Gasteiger partial charge in [0.2, 0.25) is 5.91 Å². The van der Waals surface area contributed by atoms with E-state index in [1.54, 1.807) is 4.90 Å². The third kappa shape index (κ3) is 3.67. The summed E-state index contributed by atoms with van der Waals surface area (Å²) in [6.45, 7) is 4.71. The Bertz CT molecular complexity index is 859. The molecule has 2 N–H and O–H groups in total. The fraction of sp³-hybridized carbons (Fsp3) is 0.450. The van der Waals surface area contributed by atoms with Crippen LogP contribution in [0, 0.1) is 19.8 Å². The molecule has 2 amide bonds. The number of aromatic amines is 1. The zero-order chi connectivity index (χ0) is 19.0. The largest absolute Gasteiger partial charge is 0.442 e. The van der Waals surface area contributed by atoms with E-state index in [0.29, 0.717) is 19.5 Å². The lowest BCUT2D eigenvalue weighted by atomic mass is 9.89. The summed E-state index contributed by atoms with van der Waals surface area (Å²) in [5.74, 6) is 0.843. The lowest BCUT2D eigenvalue weighted by molar-refractivity contribution is -0.125. The summed E-state index contributed by atoms with van der Waals surface area (Å²) >= 11 is 0. The van der Waals surface area contributed by atoms with Crippen LogP contribution in [-0.2, 0) is 22.4 Å². The Kier molecular flexibility index (Phi) is 4.59. The van der Waals surface area contributed by atoms with E-state index in [0.717, 1.165) is 41.3 Å².